The number of aryl methyl sites for hydroxylation is 3. The maximum atomic E-state index is 11.3. The van der Waals surface area contributed by atoms with E-state index >= 15 is 0 Å². The Balaban J connectivity index is 2.10. The topological polar surface area (TPSA) is 81.0 Å². The number of ether oxygens (including phenoxy) is 1. The number of aromatic nitrogens is 2. The number of rotatable bonds is 4. The number of hydrogen-bond acceptors (Lipinski definition) is 4. The summed E-state index contributed by atoms with van der Waals surface area (Å²) in [5, 5.41) is 0. The monoisotopic (exact) mass is 259 g/mol. The Morgan fingerprint density at radius 1 is 1.32 bits per heavy atom. The third-order valence-electron chi connectivity index (χ3n) is 2.90. The van der Waals surface area contributed by atoms with Crippen LogP contribution in [0.5, 0.6) is 5.75 Å². The first-order valence-electron chi connectivity index (χ1n) is 6.07. The van der Waals surface area contributed by atoms with Gasteiger partial charge in [0.1, 0.15) is 5.75 Å². The lowest BCUT2D eigenvalue weighted by Crippen LogP contribution is -2.14. The summed E-state index contributed by atoms with van der Waals surface area (Å²) in [5.74, 6) is 0.675. The van der Waals surface area contributed by atoms with Crippen molar-refractivity contribution in [2.45, 2.75) is 19.8 Å². The van der Waals surface area contributed by atoms with Crippen molar-refractivity contribution < 1.29 is 4.74 Å². The minimum Gasteiger partial charge on any atom is -0.495 e. The summed E-state index contributed by atoms with van der Waals surface area (Å²) in [4.78, 5) is 17.8. The molecule has 0 aliphatic carbocycles. The van der Waals surface area contributed by atoms with Gasteiger partial charge in [0, 0.05) is 11.4 Å². The van der Waals surface area contributed by atoms with Gasteiger partial charge in [-0.1, -0.05) is 6.07 Å². The Kier molecular flexibility index (Phi) is 3.85. The fourth-order valence-electron chi connectivity index (χ4n) is 1.99. The van der Waals surface area contributed by atoms with Crippen molar-refractivity contribution in [2.24, 2.45) is 0 Å². The average molecular weight is 259 g/mol. The van der Waals surface area contributed by atoms with Gasteiger partial charge in [-0.3, -0.25) is 0 Å². The van der Waals surface area contributed by atoms with Gasteiger partial charge < -0.3 is 15.5 Å². The summed E-state index contributed by atoms with van der Waals surface area (Å²) in [6.45, 7) is 1.85. The molecule has 5 heteroatoms. The smallest absolute Gasteiger partial charge is 0.345 e. The van der Waals surface area contributed by atoms with Crippen LogP contribution < -0.4 is 16.2 Å². The van der Waals surface area contributed by atoms with E-state index in [2.05, 4.69) is 9.97 Å². The van der Waals surface area contributed by atoms with Crippen molar-refractivity contribution in [3.05, 3.63) is 51.7 Å². The summed E-state index contributed by atoms with van der Waals surface area (Å²) in [6.07, 6.45) is 1.49. The molecular formula is C14H17N3O2. The second-order valence-corrected chi connectivity index (χ2v) is 4.44. The zero-order valence-electron chi connectivity index (χ0n) is 11.1. The fourth-order valence-corrected chi connectivity index (χ4v) is 1.99. The van der Waals surface area contributed by atoms with E-state index in [0.29, 0.717) is 17.9 Å². The lowest BCUT2D eigenvalue weighted by molar-refractivity contribution is 0.417. The molecule has 1 aromatic heterocycles. The highest BCUT2D eigenvalue weighted by molar-refractivity contribution is 5.54. The first-order valence-corrected chi connectivity index (χ1v) is 6.07. The van der Waals surface area contributed by atoms with E-state index in [-0.39, 0.29) is 5.69 Å². The maximum absolute atomic E-state index is 11.3. The van der Waals surface area contributed by atoms with Gasteiger partial charge in [0.2, 0.25) is 0 Å². The molecule has 2 aromatic rings. The molecule has 0 saturated heterocycles. The van der Waals surface area contributed by atoms with E-state index < -0.39 is 0 Å². The molecule has 0 unspecified atom stereocenters. The summed E-state index contributed by atoms with van der Waals surface area (Å²) in [6, 6.07) is 7.59. The van der Waals surface area contributed by atoms with Gasteiger partial charge >= 0.3 is 5.69 Å². The molecule has 0 saturated carbocycles. The van der Waals surface area contributed by atoms with Gasteiger partial charge in [-0.25, -0.2) is 4.79 Å². The van der Waals surface area contributed by atoms with E-state index in [0.717, 1.165) is 23.4 Å². The number of methoxy groups -OCH3 is 1. The van der Waals surface area contributed by atoms with Gasteiger partial charge in [-0.05, 0) is 43.5 Å². The molecule has 1 aromatic carbocycles. The molecule has 0 aliphatic heterocycles. The summed E-state index contributed by atoms with van der Waals surface area (Å²) < 4.78 is 5.11. The van der Waals surface area contributed by atoms with Crippen molar-refractivity contribution >= 4 is 5.69 Å². The highest BCUT2D eigenvalue weighted by Crippen LogP contribution is 2.22. The van der Waals surface area contributed by atoms with Crippen LogP contribution in [0.25, 0.3) is 0 Å². The standard InChI is InChI=1S/C14H17N3O2/c1-9-7-11(17-14(18)16-9)5-3-10-4-6-13(19-2)12(15)8-10/h4,6-8H,3,5,15H2,1-2H3,(H,16,17,18). The number of nitrogens with zero attached hydrogens (tertiary/aromatic N) is 1. The van der Waals surface area contributed by atoms with Crippen LogP contribution in [-0.2, 0) is 12.8 Å². The minimum atomic E-state index is -0.302. The fraction of sp³-hybridized carbons (Fsp3) is 0.286. The van der Waals surface area contributed by atoms with Crippen molar-refractivity contribution in [1.29, 1.82) is 0 Å². The van der Waals surface area contributed by atoms with Gasteiger partial charge in [-0.2, -0.15) is 4.98 Å². The van der Waals surface area contributed by atoms with Crippen molar-refractivity contribution in [3.63, 3.8) is 0 Å². The van der Waals surface area contributed by atoms with E-state index in [4.69, 9.17) is 10.5 Å². The van der Waals surface area contributed by atoms with E-state index in [1.165, 1.54) is 0 Å². The Hall–Kier alpha value is -2.30. The lowest BCUT2D eigenvalue weighted by Gasteiger charge is -2.07. The van der Waals surface area contributed by atoms with Crippen LogP contribution >= 0.6 is 0 Å². The number of benzene rings is 1. The third-order valence-corrected chi connectivity index (χ3v) is 2.90. The molecule has 100 valence electrons. The molecule has 1 heterocycles. The summed E-state index contributed by atoms with van der Waals surface area (Å²) in [7, 11) is 1.59. The van der Waals surface area contributed by atoms with Crippen LogP contribution in [-0.4, -0.2) is 17.1 Å². The summed E-state index contributed by atoms with van der Waals surface area (Å²) in [5.41, 5.74) is 8.88. The van der Waals surface area contributed by atoms with E-state index in [1.807, 2.05) is 31.2 Å². The molecule has 0 amide bonds. The Labute approximate surface area is 111 Å². The molecule has 3 N–H and O–H groups in total. The van der Waals surface area contributed by atoms with Gasteiger partial charge in [0.15, 0.2) is 0 Å². The zero-order valence-corrected chi connectivity index (χ0v) is 11.1. The molecule has 0 bridgehead atoms. The van der Waals surface area contributed by atoms with Crippen LogP contribution in [0.3, 0.4) is 0 Å². The number of H-pyrrole nitrogens is 1. The Morgan fingerprint density at radius 2 is 2.11 bits per heavy atom. The number of nitrogens with one attached hydrogen (secondary N) is 1. The molecule has 0 fully saturated rings. The molecule has 0 aliphatic rings. The third kappa shape index (κ3) is 3.34. The quantitative estimate of drug-likeness (QED) is 0.814. The van der Waals surface area contributed by atoms with Gasteiger partial charge in [-0.15, -0.1) is 0 Å². The first-order chi connectivity index (χ1) is 9.08. The predicted octanol–water partition coefficient (Wildman–Crippen LogP) is 1.45. The van der Waals surface area contributed by atoms with Gasteiger partial charge in [0.05, 0.1) is 12.8 Å². The normalized spacial score (nSPS) is 10.4. The van der Waals surface area contributed by atoms with Crippen molar-refractivity contribution in [2.75, 3.05) is 12.8 Å². The number of nitrogens with two attached hydrogens (primary N) is 1. The maximum Gasteiger partial charge on any atom is 0.345 e. The highest BCUT2D eigenvalue weighted by atomic mass is 16.5. The number of anilines is 1. The molecular weight excluding hydrogens is 242 g/mol. The molecule has 5 nitrogen and oxygen atoms in total. The van der Waals surface area contributed by atoms with Crippen LogP contribution in [0.4, 0.5) is 5.69 Å². The minimum absolute atomic E-state index is 0.302. The molecule has 0 atom stereocenters. The number of aromatic amines is 1. The van der Waals surface area contributed by atoms with Crippen LogP contribution in [0.1, 0.15) is 17.0 Å². The molecule has 0 spiro atoms. The Bertz CT molecular complexity index is 635. The second kappa shape index (κ2) is 5.56. The highest BCUT2D eigenvalue weighted by Gasteiger charge is 2.03. The van der Waals surface area contributed by atoms with Crippen LogP contribution in [0, 0.1) is 6.92 Å². The SMILES string of the molecule is COc1ccc(CCc2cc(C)[nH]c(=O)n2)cc1N. The molecule has 2 rings (SSSR count). The molecule has 0 radical (unpaired) electrons. The largest absolute Gasteiger partial charge is 0.495 e. The first kappa shape index (κ1) is 13.1. The second-order valence-electron chi connectivity index (χ2n) is 4.44. The average Bonchev–Trinajstić information content (AvgIpc) is 2.35. The predicted molar refractivity (Wildman–Crippen MR) is 74.4 cm³/mol. The van der Waals surface area contributed by atoms with Crippen LogP contribution in [0.2, 0.25) is 0 Å². The number of hydrogen-bond donors (Lipinski definition) is 2. The molecule has 19 heavy (non-hydrogen) atoms. The van der Waals surface area contributed by atoms with Gasteiger partial charge in [0.25, 0.3) is 0 Å². The van der Waals surface area contributed by atoms with E-state index in [9.17, 15) is 4.79 Å². The van der Waals surface area contributed by atoms with Crippen molar-refractivity contribution in [1.82, 2.24) is 9.97 Å². The summed E-state index contributed by atoms with van der Waals surface area (Å²) >= 11 is 0. The zero-order chi connectivity index (χ0) is 13.8. The lowest BCUT2D eigenvalue weighted by atomic mass is 10.1. The van der Waals surface area contributed by atoms with E-state index in [1.54, 1.807) is 7.11 Å². The number of nitrogen functional groups attached to an aromatic ring is 1. The van der Waals surface area contributed by atoms with Crippen molar-refractivity contribution in [3.8, 4) is 5.75 Å². The Morgan fingerprint density at radius 3 is 2.74 bits per heavy atom. The van der Waals surface area contributed by atoms with Crippen LogP contribution in [0.15, 0.2) is 29.1 Å².